The van der Waals surface area contributed by atoms with Gasteiger partial charge in [-0.15, -0.1) is 0 Å². The van der Waals surface area contributed by atoms with Crippen molar-refractivity contribution in [2.45, 2.75) is 31.3 Å². The number of benzene rings is 2. The number of piperidine rings is 1. The Labute approximate surface area is 200 Å². The number of rotatable bonds is 4. The van der Waals surface area contributed by atoms with Gasteiger partial charge < -0.3 is 14.5 Å². The summed E-state index contributed by atoms with van der Waals surface area (Å²) in [4.78, 5) is 32.6. The molecular formula is C26H30ClN3O3. The van der Waals surface area contributed by atoms with Crippen molar-refractivity contribution in [3.8, 4) is 0 Å². The number of hydrogen-bond donors (Lipinski definition) is 0. The Morgan fingerprint density at radius 3 is 2.48 bits per heavy atom. The minimum Gasteiger partial charge on any atom is -0.439 e. The van der Waals surface area contributed by atoms with E-state index in [9.17, 15) is 9.59 Å². The van der Waals surface area contributed by atoms with Crippen molar-refractivity contribution < 1.29 is 14.3 Å². The monoisotopic (exact) mass is 467 g/mol. The Morgan fingerprint density at radius 2 is 1.76 bits per heavy atom. The molecule has 0 N–H and O–H groups in total. The van der Waals surface area contributed by atoms with Crippen LogP contribution in [0.1, 0.15) is 24.8 Å². The highest BCUT2D eigenvalue weighted by atomic mass is 35.5. The Kier molecular flexibility index (Phi) is 5.83. The number of nitrogens with zero attached hydrogens (tertiary/aromatic N) is 3. The molecule has 2 amide bonds. The predicted octanol–water partition coefficient (Wildman–Crippen LogP) is 4.22. The SMILES string of the molecule is CN1CCC(Cc2ccccc2)(C(=O)N2CC[C@@]3(C2)CN(c2cccc(Cl)c2)C(=O)O3)CC1. The van der Waals surface area contributed by atoms with Crippen LogP contribution in [0.5, 0.6) is 0 Å². The molecule has 174 valence electrons. The molecule has 33 heavy (non-hydrogen) atoms. The average Bonchev–Trinajstić information content (AvgIpc) is 3.38. The Balaban J connectivity index is 1.34. The molecule has 5 rings (SSSR count). The molecule has 6 nitrogen and oxygen atoms in total. The largest absolute Gasteiger partial charge is 0.439 e. The lowest BCUT2D eigenvalue weighted by molar-refractivity contribution is -0.144. The number of likely N-dealkylation sites (tertiary alicyclic amines) is 2. The third kappa shape index (κ3) is 4.34. The molecule has 1 spiro atoms. The molecule has 3 fully saturated rings. The number of hydrogen-bond acceptors (Lipinski definition) is 4. The van der Waals surface area contributed by atoms with E-state index in [0.717, 1.165) is 38.0 Å². The molecule has 3 aliphatic heterocycles. The second-order valence-electron chi connectivity index (χ2n) is 9.84. The second kappa shape index (κ2) is 8.65. The van der Waals surface area contributed by atoms with Crippen LogP contribution in [0.15, 0.2) is 54.6 Å². The molecule has 0 radical (unpaired) electrons. The molecule has 2 aromatic carbocycles. The highest BCUT2D eigenvalue weighted by Crippen LogP contribution is 2.41. The number of carbonyl (C=O) groups excluding carboxylic acids is 2. The summed E-state index contributed by atoms with van der Waals surface area (Å²) >= 11 is 6.13. The zero-order chi connectivity index (χ0) is 23.1. The summed E-state index contributed by atoms with van der Waals surface area (Å²) < 4.78 is 5.89. The zero-order valence-corrected chi connectivity index (χ0v) is 19.8. The molecule has 0 aromatic heterocycles. The van der Waals surface area contributed by atoms with Crippen LogP contribution >= 0.6 is 11.6 Å². The number of anilines is 1. The van der Waals surface area contributed by atoms with Crippen molar-refractivity contribution in [2.75, 3.05) is 44.7 Å². The van der Waals surface area contributed by atoms with E-state index in [1.807, 2.05) is 35.2 Å². The minimum absolute atomic E-state index is 0.202. The van der Waals surface area contributed by atoms with Gasteiger partial charge in [-0.05, 0) is 63.2 Å². The van der Waals surface area contributed by atoms with E-state index in [4.69, 9.17) is 16.3 Å². The van der Waals surface area contributed by atoms with Crippen LogP contribution < -0.4 is 4.90 Å². The summed E-state index contributed by atoms with van der Waals surface area (Å²) in [5, 5.41) is 0.578. The number of ether oxygens (including phenoxy) is 1. The fourth-order valence-corrected chi connectivity index (χ4v) is 5.72. The van der Waals surface area contributed by atoms with Gasteiger partial charge in [0, 0.05) is 23.7 Å². The Morgan fingerprint density at radius 1 is 1.00 bits per heavy atom. The molecule has 3 saturated heterocycles. The van der Waals surface area contributed by atoms with Gasteiger partial charge in [-0.25, -0.2) is 4.79 Å². The number of carbonyl (C=O) groups is 2. The summed E-state index contributed by atoms with van der Waals surface area (Å²) in [6.45, 7) is 3.32. The van der Waals surface area contributed by atoms with Gasteiger partial charge >= 0.3 is 6.09 Å². The number of amides is 2. The lowest BCUT2D eigenvalue weighted by Crippen LogP contribution is -2.51. The highest BCUT2D eigenvalue weighted by Gasteiger charge is 2.53. The maximum atomic E-state index is 14.0. The van der Waals surface area contributed by atoms with Crippen molar-refractivity contribution in [1.29, 1.82) is 0 Å². The highest BCUT2D eigenvalue weighted by molar-refractivity contribution is 6.30. The quantitative estimate of drug-likeness (QED) is 0.675. The molecule has 1 atom stereocenters. The van der Waals surface area contributed by atoms with Crippen LogP contribution in [0.4, 0.5) is 10.5 Å². The lowest BCUT2D eigenvalue weighted by Gasteiger charge is -2.42. The van der Waals surface area contributed by atoms with Crippen LogP contribution in [0.3, 0.4) is 0 Å². The first-order valence-corrected chi connectivity index (χ1v) is 12.0. The van der Waals surface area contributed by atoms with Crippen LogP contribution in [0, 0.1) is 5.41 Å². The van der Waals surface area contributed by atoms with Gasteiger partial charge in [-0.1, -0.05) is 48.0 Å². The van der Waals surface area contributed by atoms with Crippen molar-refractivity contribution in [2.24, 2.45) is 5.41 Å². The fraction of sp³-hybridized carbons (Fsp3) is 0.462. The normalized spacial score (nSPS) is 25.0. The molecule has 0 unspecified atom stereocenters. The van der Waals surface area contributed by atoms with Crippen molar-refractivity contribution in [3.63, 3.8) is 0 Å². The molecule has 3 aliphatic rings. The van der Waals surface area contributed by atoms with Crippen molar-refractivity contribution >= 4 is 29.3 Å². The van der Waals surface area contributed by atoms with E-state index >= 15 is 0 Å². The summed E-state index contributed by atoms with van der Waals surface area (Å²) in [6, 6.07) is 17.5. The van der Waals surface area contributed by atoms with Gasteiger partial charge in [0.2, 0.25) is 5.91 Å². The maximum absolute atomic E-state index is 14.0. The van der Waals surface area contributed by atoms with E-state index in [1.165, 1.54) is 5.56 Å². The molecule has 3 heterocycles. The van der Waals surface area contributed by atoms with E-state index in [2.05, 4.69) is 24.1 Å². The average molecular weight is 468 g/mol. The van der Waals surface area contributed by atoms with Gasteiger partial charge in [0.25, 0.3) is 0 Å². The summed E-state index contributed by atoms with van der Waals surface area (Å²) in [5.41, 5.74) is 0.858. The Bertz CT molecular complexity index is 1040. The van der Waals surface area contributed by atoms with E-state index in [-0.39, 0.29) is 12.0 Å². The summed E-state index contributed by atoms with van der Waals surface area (Å²) in [5.74, 6) is 0.202. The van der Waals surface area contributed by atoms with Crippen molar-refractivity contribution in [1.82, 2.24) is 9.80 Å². The van der Waals surface area contributed by atoms with E-state index in [1.54, 1.807) is 17.0 Å². The molecule has 0 bridgehead atoms. The van der Waals surface area contributed by atoms with Gasteiger partial charge in [0.15, 0.2) is 5.60 Å². The third-order valence-electron chi connectivity index (χ3n) is 7.48. The predicted molar refractivity (Wildman–Crippen MR) is 129 cm³/mol. The van der Waals surface area contributed by atoms with Gasteiger partial charge in [-0.3, -0.25) is 9.69 Å². The lowest BCUT2D eigenvalue weighted by atomic mass is 9.72. The third-order valence-corrected chi connectivity index (χ3v) is 7.71. The molecule has 7 heteroatoms. The van der Waals surface area contributed by atoms with Crippen LogP contribution in [0.25, 0.3) is 0 Å². The van der Waals surface area contributed by atoms with Crippen LogP contribution in [-0.2, 0) is 16.0 Å². The first-order chi connectivity index (χ1) is 15.9. The zero-order valence-electron chi connectivity index (χ0n) is 19.0. The van der Waals surface area contributed by atoms with E-state index in [0.29, 0.717) is 31.1 Å². The first kappa shape index (κ1) is 22.2. The molecule has 2 aromatic rings. The topological polar surface area (TPSA) is 53.1 Å². The summed E-state index contributed by atoms with van der Waals surface area (Å²) in [6.07, 6.45) is 2.72. The van der Waals surface area contributed by atoms with Crippen LogP contribution in [0.2, 0.25) is 5.02 Å². The standard InChI is InChI=1S/C26H30ClN3O3/c1-28-13-10-25(11-14-28,17-20-6-3-2-4-7-20)23(31)29-15-12-26(18-29)19-30(24(32)33-26)22-9-5-8-21(27)16-22/h2-9,16H,10-15,17-19H2,1H3/t26-/m1/s1. The summed E-state index contributed by atoms with van der Waals surface area (Å²) in [7, 11) is 2.12. The van der Waals surface area contributed by atoms with Crippen LogP contribution in [-0.4, -0.2) is 67.2 Å². The van der Waals surface area contributed by atoms with Crippen molar-refractivity contribution in [3.05, 3.63) is 65.2 Å². The van der Waals surface area contributed by atoms with E-state index < -0.39 is 11.0 Å². The first-order valence-electron chi connectivity index (χ1n) is 11.7. The van der Waals surface area contributed by atoms with Gasteiger partial charge in [0.1, 0.15) is 0 Å². The molecule has 0 aliphatic carbocycles. The fourth-order valence-electron chi connectivity index (χ4n) is 5.53. The molecular weight excluding hydrogens is 438 g/mol. The Hall–Kier alpha value is -2.57. The van der Waals surface area contributed by atoms with Gasteiger partial charge in [-0.2, -0.15) is 0 Å². The molecule has 0 saturated carbocycles. The van der Waals surface area contributed by atoms with Gasteiger partial charge in [0.05, 0.1) is 18.5 Å². The minimum atomic E-state index is -0.658. The second-order valence-corrected chi connectivity index (χ2v) is 10.3. The maximum Gasteiger partial charge on any atom is 0.415 e. The smallest absolute Gasteiger partial charge is 0.415 e. The number of halogens is 1.